The van der Waals surface area contributed by atoms with Crippen LogP contribution in [0.25, 0.3) is 0 Å². The van der Waals surface area contributed by atoms with Crippen LogP contribution in [-0.4, -0.2) is 51.9 Å². The molecule has 0 amide bonds. The Balaban J connectivity index is 2.79. The molecule has 0 N–H and O–H groups in total. The van der Waals surface area contributed by atoms with Crippen molar-refractivity contribution < 1.29 is 28.8 Å². The first kappa shape index (κ1) is 22.2. The van der Waals surface area contributed by atoms with Crippen molar-refractivity contribution >= 4 is 46.9 Å². The average molecular weight is 428 g/mol. The molecule has 0 aromatic heterocycles. The van der Waals surface area contributed by atoms with Gasteiger partial charge in [0.1, 0.15) is 11.7 Å². The number of nitrogens with zero attached hydrogens (tertiary/aromatic N) is 1. The number of hydrogen-bond acceptors (Lipinski definition) is 9. The number of Topliss-reactive ketones (excluding diaryl/α,β-unsaturated/α-hetero) is 1. The molecule has 2 rings (SSSR count). The second kappa shape index (κ2) is 9.42. The summed E-state index contributed by atoms with van der Waals surface area (Å²) >= 11 is 2.48. The van der Waals surface area contributed by atoms with Gasteiger partial charge in [-0.3, -0.25) is 19.7 Å². The van der Waals surface area contributed by atoms with Gasteiger partial charge < -0.3 is 9.47 Å². The second-order valence-electron chi connectivity index (χ2n) is 5.99. The summed E-state index contributed by atoms with van der Waals surface area (Å²) in [6.07, 6.45) is 0. The molecule has 2 atom stereocenters. The lowest BCUT2D eigenvalue weighted by atomic mass is 9.79. The highest BCUT2D eigenvalue weighted by atomic mass is 32.2. The fourth-order valence-corrected chi connectivity index (χ4v) is 6.61. The maximum absolute atomic E-state index is 13.0. The lowest BCUT2D eigenvalue weighted by Gasteiger charge is -2.36. The third-order valence-corrected chi connectivity index (χ3v) is 7.86. The molecule has 10 heteroatoms. The lowest BCUT2D eigenvalue weighted by Crippen LogP contribution is -2.46. The van der Waals surface area contributed by atoms with Crippen LogP contribution < -0.4 is 0 Å². The number of carbonyl (C=O) groups excluding carboxylic acids is 3. The number of ether oxygens (including phenoxy) is 2. The Morgan fingerprint density at radius 1 is 1.25 bits per heavy atom. The third-order valence-electron chi connectivity index (χ3n) is 4.38. The van der Waals surface area contributed by atoms with Gasteiger partial charge in [-0.1, -0.05) is 18.2 Å². The van der Waals surface area contributed by atoms with Crippen LogP contribution in [0.1, 0.15) is 25.3 Å². The van der Waals surface area contributed by atoms with E-state index in [1.54, 1.807) is 13.0 Å². The van der Waals surface area contributed by atoms with Gasteiger partial charge in [0.15, 0.2) is 4.08 Å². The molecule has 1 heterocycles. The highest BCUT2D eigenvalue weighted by Gasteiger charge is 2.58. The minimum atomic E-state index is -1.38. The average Bonchev–Trinajstić information content (AvgIpc) is 3.16. The van der Waals surface area contributed by atoms with Crippen molar-refractivity contribution in [3.63, 3.8) is 0 Å². The van der Waals surface area contributed by atoms with Gasteiger partial charge in [-0.15, -0.1) is 23.5 Å². The number of benzene rings is 1. The zero-order chi connectivity index (χ0) is 20.9. The fraction of sp³-hybridized carbons (Fsp3) is 0.500. The molecule has 0 aliphatic carbocycles. The number of nitro benzene ring substituents is 1. The normalized spacial score (nSPS) is 17.4. The van der Waals surface area contributed by atoms with Crippen LogP contribution >= 0.6 is 23.5 Å². The van der Waals surface area contributed by atoms with Gasteiger partial charge >= 0.3 is 11.9 Å². The monoisotopic (exact) mass is 427 g/mol. The van der Waals surface area contributed by atoms with E-state index >= 15 is 0 Å². The van der Waals surface area contributed by atoms with E-state index in [1.807, 2.05) is 0 Å². The van der Waals surface area contributed by atoms with Crippen molar-refractivity contribution in [1.29, 1.82) is 0 Å². The zero-order valence-corrected chi connectivity index (χ0v) is 17.3. The molecule has 28 heavy (non-hydrogen) atoms. The van der Waals surface area contributed by atoms with Crippen LogP contribution in [0.4, 0.5) is 5.69 Å². The van der Waals surface area contributed by atoms with E-state index in [4.69, 9.17) is 9.47 Å². The summed E-state index contributed by atoms with van der Waals surface area (Å²) in [5.74, 6) is -3.33. The molecule has 8 nitrogen and oxygen atoms in total. The van der Waals surface area contributed by atoms with Crippen LogP contribution in [0.15, 0.2) is 24.3 Å². The quantitative estimate of drug-likeness (QED) is 0.267. The Morgan fingerprint density at radius 2 is 1.86 bits per heavy atom. The largest absolute Gasteiger partial charge is 0.468 e. The van der Waals surface area contributed by atoms with Crippen molar-refractivity contribution in [2.45, 2.75) is 23.8 Å². The number of nitro groups is 1. The minimum absolute atomic E-state index is 0.105. The van der Waals surface area contributed by atoms with Crippen molar-refractivity contribution in [2.75, 3.05) is 25.2 Å². The first-order chi connectivity index (χ1) is 13.3. The standard InChI is InChI=1S/C18H21NO7S2/c1-4-26-17(22)18(27-9-10-28-18)15(14(11(2)20)16(21)25-3)12-7-5-6-8-13(12)19(23)24/h5-8,14-15H,4,9-10H2,1-3H3. The van der Waals surface area contributed by atoms with E-state index in [2.05, 4.69) is 0 Å². The van der Waals surface area contributed by atoms with Crippen LogP contribution in [-0.2, 0) is 23.9 Å². The number of carbonyl (C=O) groups is 3. The van der Waals surface area contributed by atoms with E-state index < -0.39 is 38.6 Å². The Labute approximate surface area is 170 Å². The number of hydrogen-bond donors (Lipinski definition) is 0. The van der Waals surface area contributed by atoms with Crippen molar-refractivity contribution in [2.24, 2.45) is 5.92 Å². The Hall–Kier alpha value is -2.07. The predicted octanol–water partition coefficient (Wildman–Crippen LogP) is 2.80. The molecule has 2 unspecified atom stereocenters. The summed E-state index contributed by atoms with van der Waals surface area (Å²) in [5.41, 5.74) is -0.132. The Bertz CT molecular complexity index is 777. The van der Waals surface area contributed by atoms with Crippen molar-refractivity contribution in [1.82, 2.24) is 0 Å². The molecule has 152 valence electrons. The summed E-state index contributed by atoms with van der Waals surface area (Å²) in [6.45, 7) is 2.97. The van der Waals surface area contributed by atoms with Gasteiger partial charge in [0.2, 0.25) is 0 Å². The van der Waals surface area contributed by atoms with E-state index in [0.717, 1.165) is 7.11 Å². The molecular weight excluding hydrogens is 406 g/mol. The smallest absolute Gasteiger partial charge is 0.333 e. The highest BCUT2D eigenvalue weighted by Crippen LogP contribution is 2.57. The molecule has 1 fully saturated rings. The number of para-hydroxylation sites is 1. The van der Waals surface area contributed by atoms with Gasteiger partial charge in [0, 0.05) is 29.1 Å². The van der Waals surface area contributed by atoms with Crippen molar-refractivity contribution in [3.05, 3.63) is 39.9 Å². The predicted molar refractivity (Wildman–Crippen MR) is 106 cm³/mol. The van der Waals surface area contributed by atoms with E-state index in [1.165, 1.54) is 48.6 Å². The van der Waals surface area contributed by atoms with E-state index in [0.29, 0.717) is 11.5 Å². The summed E-state index contributed by atoms with van der Waals surface area (Å²) in [6, 6.07) is 5.83. The van der Waals surface area contributed by atoms with Gasteiger partial charge in [0.05, 0.1) is 18.6 Å². The number of methoxy groups -OCH3 is 1. The third kappa shape index (κ3) is 4.17. The first-order valence-electron chi connectivity index (χ1n) is 8.56. The number of ketones is 1. The van der Waals surface area contributed by atoms with Gasteiger partial charge in [-0.25, -0.2) is 4.79 Å². The Kier molecular flexibility index (Phi) is 7.48. The van der Waals surface area contributed by atoms with Crippen molar-refractivity contribution in [3.8, 4) is 0 Å². The van der Waals surface area contributed by atoms with Gasteiger partial charge in [-0.2, -0.15) is 0 Å². The minimum Gasteiger partial charge on any atom is -0.468 e. The van der Waals surface area contributed by atoms with Crippen LogP contribution in [0.3, 0.4) is 0 Å². The molecule has 0 bridgehead atoms. The molecular formula is C18H21NO7S2. The molecule has 0 spiro atoms. The molecule has 1 saturated heterocycles. The molecule has 1 aliphatic rings. The maximum atomic E-state index is 13.0. The summed E-state index contributed by atoms with van der Waals surface area (Å²) in [4.78, 5) is 49.1. The second-order valence-corrected chi connectivity index (χ2v) is 8.93. The Morgan fingerprint density at radius 3 is 2.36 bits per heavy atom. The summed E-state index contributed by atoms with van der Waals surface area (Å²) in [7, 11) is 1.14. The van der Waals surface area contributed by atoms with Gasteiger partial charge in [0.25, 0.3) is 5.69 Å². The number of thioether (sulfide) groups is 2. The molecule has 1 aromatic carbocycles. The first-order valence-corrected chi connectivity index (χ1v) is 10.5. The summed E-state index contributed by atoms with van der Waals surface area (Å²) < 4.78 is 8.71. The van der Waals surface area contributed by atoms with Crippen LogP contribution in [0.2, 0.25) is 0 Å². The van der Waals surface area contributed by atoms with Gasteiger partial charge in [-0.05, 0) is 13.8 Å². The molecule has 1 aromatic rings. The van der Waals surface area contributed by atoms with Crippen LogP contribution in [0, 0.1) is 16.0 Å². The zero-order valence-electron chi connectivity index (χ0n) is 15.7. The lowest BCUT2D eigenvalue weighted by molar-refractivity contribution is -0.385. The van der Waals surface area contributed by atoms with E-state index in [9.17, 15) is 24.5 Å². The van der Waals surface area contributed by atoms with Crippen LogP contribution in [0.5, 0.6) is 0 Å². The maximum Gasteiger partial charge on any atom is 0.333 e. The molecule has 0 saturated carbocycles. The SMILES string of the molecule is CCOC(=O)C1(C(c2ccccc2[N+](=O)[O-])C(C(C)=O)C(=O)OC)SCCS1. The molecule has 1 aliphatic heterocycles. The van der Waals surface area contributed by atoms with E-state index in [-0.39, 0.29) is 17.9 Å². The topological polar surface area (TPSA) is 113 Å². The number of esters is 2. The highest BCUT2D eigenvalue weighted by molar-refractivity contribution is 8.22. The summed E-state index contributed by atoms with van der Waals surface area (Å²) in [5, 5.41) is 11.6. The molecule has 0 radical (unpaired) electrons. The number of rotatable bonds is 8. The fourth-order valence-electron chi connectivity index (χ4n) is 3.27.